The first-order chi connectivity index (χ1) is 24.1. The molecule has 0 fully saturated rings. The zero-order valence-corrected chi connectivity index (χ0v) is 27.6. The maximum Gasteiger partial charge on any atom is 0.293 e. The van der Waals surface area contributed by atoms with Gasteiger partial charge in [-0.2, -0.15) is 0 Å². The van der Waals surface area contributed by atoms with E-state index in [0.29, 0.717) is 57.8 Å². The summed E-state index contributed by atoms with van der Waals surface area (Å²) in [5, 5.41) is 31.3. The predicted octanol–water partition coefficient (Wildman–Crippen LogP) is 5.75. The minimum atomic E-state index is -0.511. The summed E-state index contributed by atoms with van der Waals surface area (Å²) in [6, 6.07) is 15.8. The minimum absolute atomic E-state index is 0.156. The standard InChI is InChI=1S/C35H35N7O8/c1-40(16-4-14-36-26-10-12-28(41(45)46)32-30(26)34(43)22-18-20(49-2)6-8-24(22)38-32)17-5-15-37-27-11-13-29(42(47)48)33-31(27)35(44)23-19-21(50-3)7-9-25(23)39-33/h6-13,18-19,36-37H,4-5,14-17H2,1-3H3,(H,38,43)(H,39,44). The summed E-state index contributed by atoms with van der Waals surface area (Å²) < 4.78 is 10.5. The second kappa shape index (κ2) is 14.1. The Balaban J connectivity index is 1.09. The molecule has 0 aliphatic carbocycles. The molecule has 6 rings (SSSR count). The molecule has 0 spiro atoms. The van der Waals surface area contributed by atoms with Crippen molar-refractivity contribution < 1.29 is 19.3 Å². The molecule has 0 radical (unpaired) electrons. The molecule has 15 heteroatoms. The van der Waals surface area contributed by atoms with E-state index in [1.54, 1.807) is 48.5 Å². The minimum Gasteiger partial charge on any atom is -0.497 e. The number of fused-ring (bicyclic) bond motifs is 4. The summed E-state index contributed by atoms with van der Waals surface area (Å²) in [5.41, 5.74) is 1.22. The van der Waals surface area contributed by atoms with E-state index in [1.165, 1.54) is 26.4 Å². The van der Waals surface area contributed by atoms with Gasteiger partial charge in [-0.05, 0) is 81.5 Å². The maximum absolute atomic E-state index is 13.6. The highest BCUT2D eigenvalue weighted by Crippen LogP contribution is 2.32. The lowest BCUT2D eigenvalue weighted by atomic mass is 10.1. The summed E-state index contributed by atoms with van der Waals surface area (Å²) in [6.07, 6.45) is 1.45. The van der Waals surface area contributed by atoms with Gasteiger partial charge in [-0.1, -0.05) is 0 Å². The Morgan fingerprint density at radius 2 is 1.10 bits per heavy atom. The molecule has 0 amide bonds. The number of non-ortho nitro benzene ring substituents is 2. The van der Waals surface area contributed by atoms with Crippen molar-refractivity contribution in [3.05, 3.63) is 101 Å². The van der Waals surface area contributed by atoms with E-state index >= 15 is 0 Å². The van der Waals surface area contributed by atoms with Crippen LogP contribution in [0.5, 0.6) is 11.5 Å². The van der Waals surface area contributed by atoms with Crippen molar-refractivity contribution in [3.8, 4) is 11.5 Å². The van der Waals surface area contributed by atoms with Crippen molar-refractivity contribution in [2.24, 2.45) is 0 Å². The number of hydrogen-bond acceptors (Lipinski definition) is 11. The number of anilines is 2. The highest BCUT2D eigenvalue weighted by Gasteiger charge is 2.21. The monoisotopic (exact) mass is 681 g/mol. The van der Waals surface area contributed by atoms with E-state index in [1.807, 2.05) is 7.05 Å². The number of nitro benzene ring substituents is 2. The van der Waals surface area contributed by atoms with Crippen LogP contribution in [0.25, 0.3) is 43.6 Å². The van der Waals surface area contributed by atoms with Crippen LogP contribution in [0, 0.1) is 20.2 Å². The van der Waals surface area contributed by atoms with Crippen molar-refractivity contribution in [1.29, 1.82) is 0 Å². The fourth-order valence-electron chi connectivity index (χ4n) is 6.20. The fraction of sp³-hybridized carbons (Fsp3) is 0.257. The summed E-state index contributed by atoms with van der Waals surface area (Å²) in [6.45, 7) is 2.48. The van der Waals surface area contributed by atoms with Gasteiger partial charge in [0.25, 0.3) is 11.4 Å². The van der Waals surface area contributed by atoms with E-state index in [9.17, 15) is 29.8 Å². The number of nitrogens with zero attached hydrogens (tertiary/aromatic N) is 3. The summed E-state index contributed by atoms with van der Waals surface area (Å²) in [5.74, 6) is 1.01. The second-order valence-corrected chi connectivity index (χ2v) is 11.9. The van der Waals surface area contributed by atoms with Crippen LogP contribution in [-0.2, 0) is 0 Å². The lowest BCUT2D eigenvalue weighted by Crippen LogP contribution is -2.24. The van der Waals surface area contributed by atoms with E-state index in [0.717, 1.165) is 25.9 Å². The van der Waals surface area contributed by atoms with Crippen molar-refractivity contribution >= 4 is 66.4 Å². The van der Waals surface area contributed by atoms with Gasteiger partial charge >= 0.3 is 0 Å². The van der Waals surface area contributed by atoms with Crippen LogP contribution in [-0.4, -0.2) is 72.2 Å². The van der Waals surface area contributed by atoms with Gasteiger partial charge in [0.1, 0.15) is 22.5 Å². The molecule has 258 valence electrons. The van der Waals surface area contributed by atoms with Crippen molar-refractivity contribution in [2.75, 3.05) is 58.1 Å². The lowest BCUT2D eigenvalue weighted by Gasteiger charge is -2.18. The molecule has 0 aliphatic heterocycles. The van der Waals surface area contributed by atoms with Gasteiger partial charge in [0.2, 0.25) is 0 Å². The van der Waals surface area contributed by atoms with Crippen molar-refractivity contribution in [3.63, 3.8) is 0 Å². The Morgan fingerprint density at radius 1 is 0.680 bits per heavy atom. The molecule has 0 atom stereocenters. The molecular weight excluding hydrogens is 646 g/mol. The average molecular weight is 682 g/mol. The quantitative estimate of drug-likeness (QED) is 0.0473. The number of pyridine rings is 2. The molecule has 0 bridgehead atoms. The first kappa shape index (κ1) is 33.7. The Kier molecular flexibility index (Phi) is 9.49. The number of nitro groups is 2. The summed E-state index contributed by atoms with van der Waals surface area (Å²) in [7, 11) is 4.99. The number of methoxy groups -OCH3 is 2. The number of rotatable bonds is 14. The number of aromatic amines is 2. The van der Waals surface area contributed by atoms with Gasteiger partial charge in [0.05, 0.1) is 45.9 Å². The number of hydrogen-bond donors (Lipinski definition) is 4. The molecule has 4 aromatic carbocycles. The molecule has 2 heterocycles. The zero-order valence-electron chi connectivity index (χ0n) is 27.6. The van der Waals surface area contributed by atoms with Crippen LogP contribution in [0.4, 0.5) is 22.7 Å². The van der Waals surface area contributed by atoms with E-state index in [2.05, 4.69) is 25.5 Å². The van der Waals surface area contributed by atoms with Gasteiger partial charge in [0, 0.05) is 47.4 Å². The number of aromatic nitrogens is 2. The third-order valence-corrected chi connectivity index (χ3v) is 8.74. The van der Waals surface area contributed by atoms with Crippen LogP contribution in [0.3, 0.4) is 0 Å². The van der Waals surface area contributed by atoms with Crippen molar-refractivity contribution in [2.45, 2.75) is 12.8 Å². The largest absolute Gasteiger partial charge is 0.497 e. The first-order valence-electron chi connectivity index (χ1n) is 15.9. The van der Waals surface area contributed by atoms with Crippen LogP contribution < -0.4 is 31.0 Å². The Hall–Kier alpha value is -6.22. The molecule has 4 N–H and O–H groups in total. The first-order valence-corrected chi connectivity index (χ1v) is 15.9. The molecule has 0 saturated carbocycles. The van der Waals surface area contributed by atoms with Gasteiger partial charge in [-0.25, -0.2) is 0 Å². The van der Waals surface area contributed by atoms with Gasteiger partial charge < -0.3 is 35.0 Å². The molecule has 15 nitrogen and oxygen atoms in total. The number of nitrogens with one attached hydrogen (secondary N) is 4. The Morgan fingerprint density at radius 3 is 1.48 bits per heavy atom. The predicted molar refractivity (Wildman–Crippen MR) is 194 cm³/mol. The second-order valence-electron chi connectivity index (χ2n) is 11.9. The van der Waals surface area contributed by atoms with Crippen LogP contribution in [0.15, 0.2) is 70.3 Å². The Labute approximate surface area is 284 Å². The highest BCUT2D eigenvalue weighted by atomic mass is 16.6. The van der Waals surface area contributed by atoms with Crippen LogP contribution in [0.1, 0.15) is 12.8 Å². The molecular formula is C35H35N7O8. The third kappa shape index (κ3) is 6.45. The van der Waals surface area contributed by atoms with Crippen LogP contribution >= 0.6 is 0 Å². The molecule has 0 unspecified atom stereocenters. The number of ether oxygens (including phenoxy) is 2. The van der Waals surface area contributed by atoms with Gasteiger partial charge in [-0.15, -0.1) is 0 Å². The van der Waals surface area contributed by atoms with Crippen LogP contribution in [0.2, 0.25) is 0 Å². The zero-order chi connectivity index (χ0) is 35.5. The van der Waals surface area contributed by atoms with E-state index < -0.39 is 9.85 Å². The highest BCUT2D eigenvalue weighted by molar-refractivity contribution is 6.04. The molecule has 0 aliphatic rings. The maximum atomic E-state index is 13.6. The van der Waals surface area contributed by atoms with E-state index in [-0.39, 0.29) is 44.0 Å². The molecule has 2 aromatic heterocycles. The molecule has 6 aromatic rings. The Bertz CT molecular complexity index is 2240. The average Bonchev–Trinajstić information content (AvgIpc) is 3.11. The van der Waals surface area contributed by atoms with Gasteiger partial charge in [-0.3, -0.25) is 29.8 Å². The molecule has 0 saturated heterocycles. The summed E-state index contributed by atoms with van der Waals surface area (Å²) in [4.78, 5) is 57.9. The smallest absolute Gasteiger partial charge is 0.293 e. The number of H-pyrrole nitrogens is 2. The van der Waals surface area contributed by atoms with E-state index in [4.69, 9.17) is 9.47 Å². The van der Waals surface area contributed by atoms with Crippen molar-refractivity contribution in [1.82, 2.24) is 14.9 Å². The topological polar surface area (TPSA) is 198 Å². The third-order valence-electron chi connectivity index (χ3n) is 8.74. The summed E-state index contributed by atoms with van der Waals surface area (Å²) >= 11 is 0. The number of benzene rings is 4. The lowest BCUT2D eigenvalue weighted by molar-refractivity contribution is -0.383. The fourth-order valence-corrected chi connectivity index (χ4v) is 6.20. The normalized spacial score (nSPS) is 11.4. The van der Waals surface area contributed by atoms with Gasteiger partial charge in [0.15, 0.2) is 10.9 Å². The molecule has 50 heavy (non-hydrogen) atoms. The SMILES string of the molecule is COc1ccc2[nH]c3c([N+](=O)[O-])ccc(NCCCN(C)CCCNc4ccc([N+](=O)[O-])c5[nH]c6ccc(OC)cc6c(=O)c45)c3c(=O)c2c1.